The summed E-state index contributed by atoms with van der Waals surface area (Å²) in [5.41, 5.74) is 1.05. The molecule has 1 aliphatic rings. The van der Waals surface area contributed by atoms with Crippen LogP contribution in [0.5, 0.6) is 0 Å². The molecular weight excluding hydrogens is 276 g/mol. The molecule has 0 bridgehead atoms. The molecule has 1 unspecified atom stereocenters. The lowest BCUT2D eigenvalue weighted by molar-refractivity contribution is 0.554. The van der Waals surface area contributed by atoms with Gasteiger partial charge in [0.1, 0.15) is 0 Å². The van der Waals surface area contributed by atoms with Gasteiger partial charge in [-0.15, -0.1) is 0 Å². The van der Waals surface area contributed by atoms with Crippen LogP contribution in [0.15, 0.2) is 23.0 Å². The number of benzene rings is 1. The van der Waals surface area contributed by atoms with E-state index in [2.05, 4.69) is 4.98 Å². The Kier molecular flexibility index (Phi) is 2.53. The van der Waals surface area contributed by atoms with Crippen molar-refractivity contribution >= 4 is 32.5 Å². The van der Waals surface area contributed by atoms with Gasteiger partial charge in [-0.3, -0.25) is 4.57 Å². The van der Waals surface area contributed by atoms with Crippen molar-refractivity contribution in [3.8, 4) is 0 Å². The topological polar surface area (TPSA) is 71.9 Å². The number of halogens is 1. The standard InChI is InChI=1S/C11H11ClN2O3S/c12-7-1-2-9-10(5-7)14(11(15)13-9)8-3-4-18(16,17)6-8/h1-2,5,8H,3-4,6H2,(H,13,15). The van der Waals surface area contributed by atoms with E-state index in [-0.39, 0.29) is 23.2 Å². The predicted molar refractivity (Wildman–Crippen MR) is 69.9 cm³/mol. The first kappa shape index (κ1) is 11.8. The lowest BCUT2D eigenvalue weighted by Crippen LogP contribution is -2.23. The van der Waals surface area contributed by atoms with E-state index >= 15 is 0 Å². The second-order valence-electron chi connectivity index (χ2n) is 4.52. The number of aromatic amines is 1. The van der Waals surface area contributed by atoms with Gasteiger partial charge in [-0.1, -0.05) is 11.6 Å². The summed E-state index contributed by atoms with van der Waals surface area (Å²) >= 11 is 5.92. The van der Waals surface area contributed by atoms with Crippen molar-refractivity contribution in [3.05, 3.63) is 33.7 Å². The van der Waals surface area contributed by atoms with Crippen molar-refractivity contribution in [2.75, 3.05) is 11.5 Å². The molecule has 7 heteroatoms. The molecule has 2 aromatic rings. The van der Waals surface area contributed by atoms with Crippen LogP contribution in [-0.4, -0.2) is 29.5 Å². The van der Waals surface area contributed by atoms with Crippen molar-refractivity contribution in [3.63, 3.8) is 0 Å². The number of hydrogen-bond donors (Lipinski definition) is 1. The van der Waals surface area contributed by atoms with Crippen molar-refractivity contribution in [1.82, 2.24) is 9.55 Å². The Bertz CT molecular complexity index is 775. The molecule has 1 N–H and O–H groups in total. The average molecular weight is 287 g/mol. The van der Waals surface area contributed by atoms with E-state index in [1.165, 1.54) is 4.57 Å². The number of rotatable bonds is 1. The molecule has 0 saturated carbocycles. The van der Waals surface area contributed by atoms with E-state index in [0.717, 1.165) is 0 Å². The number of fused-ring (bicyclic) bond motifs is 1. The predicted octanol–water partition coefficient (Wildman–Crippen LogP) is 1.34. The Morgan fingerprint density at radius 2 is 2.17 bits per heavy atom. The van der Waals surface area contributed by atoms with Gasteiger partial charge >= 0.3 is 5.69 Å². The zero-order chi connectivity index (χ0) is 12.9. The lowest BCUT2D eigenvalue weighted by atomic mass is 10.2. The molecule has 2 heterocycles. The average Bonchev–Trinajstić information content (AvgIpc) is 2.77. The molecule has 96 valence electrons. The Morgan fingerprint density at radius 1 is 1.39 bits per heavy atom. The van der Waals surface area contributed by atoms with Crippen LogP contribution in [0.25, 0.3) is 11.0 Å². The highest BCUT2D eigenvalue weighted by atomic mass is 35.5. The van der Waals surface area contributed by atoms with Gasteiger partial charge in [0.05, 0.1) is 28.6 Å². The van der Waals surface area contributed by atoms with Gasteiger partial charge in [0.2, 0.25) is 0 Å². The number of nitrogens with zero attached hydrogens (tertiary/aromatic N) is 1. The van der Waals surface area contributed by atoms with Crippen LogP contribution in [0, 0.1) is 0 Å². The monoisotopic (exact) mass is 286 g/mol. The second kappa shape index (κ2) is 3.86. The summed E-state index contributed by atoms with van der Waals surface area (Å²) in [5, 5.41) is 0.524. The molecule has 0 aliphatic carbocycles. The summed E-state index contributed by atoms with van der Waals surface area (Å²) in [6, 6.07) is 4.80. The van der Waals surface area contributed by atoms with Crippen molar-refractivity contribution < 1.29 is 8.42 Å². The van der Waals surface area contributed by atoms with Crippen LogP contribution in [0.3, 0.4) is 0 Å². The molecule has 0 spiro atoms. The van der Waals surface area contributed by atoms with Gasteiger partial charge in [-0.05, 0) is 24.6 Å². The van der Waals surface area contributed by atoms with Crippen LogP contribution in [0.4, 0.5) is 0 Å². The van der Waals surface area contributed by atoms with E-state index < -0.39 is 9.84 Å². The number of aromatic nitrogens is 2. The molecule has 1 saturated heterocycles. The fourth-order valence-corrected chi connectivity index (χ4v) is 4.30. The van der Waals surface area contributed by atoms with Crippen molar-refractivity contribution in [2.45, 2.75) is 12.5 Å². The van der Waals surface area contributed by atoms with Crippen LogP contribution < -0.4 is 5.69 Å². The molecule has 1 aromatic carbocycles. The number of hydrogen-bond acceptors (Lipinski definition) is 3. The highest BCUT2D eigenvalue weighted by Gasteiger charge is 2.31. The highest BCUT2D eigenvalue weighted by molar-refractivity contribution is 7.91. The van der Waals surface area contributed by atoms with E-state index in [1.54, 1.807) is 18.2 Å². The molecule has 0 radical (unpaired) electrons. The minimum Gasteiger partial charge on any atom is -0.306 e. The zero-order valence-electron chi connectivity index (χ0n) is 9.39. The van der Waals surface area contributed by atoms with Crippen LogP contribution in [0.1, 0.15) is 12.5 Å². The minimum absolute atomic E-state index is 0.0202. The third kappa shape index (κ3) is 1.85. The Labute approximate surface area is 108 Å². The molecule has 1 aliphatic heterocycles. The first-order valence-corrected chi connectivity index (χ1v) is 7.76. The van der Waals surface area contributed by atoms with Crippen molar-refractivity contribution in [1.29, 1.82) is 0 Å². The number of imidazole rings is 1. The zero-order valence-corrected chi connectivity index (χ0v) is 11.0. The summed E-state index contributed by atoms with van der Waals surface area (Å²) < 4.78 is 24.5. The first-order valence-electron chi connectivity index (χ1n) is 5.56. The van der Waals surface area contributed by atoms with Gasteiger partial charge in [0, 0.05) is 5.02 Å². The summed E-state index contributed by atoms with van der Waals surface area (Å²) in [5.74, 6) is 0.156. The number of H-pyrrole nitrogens is 1. The van der Waals surface area contributed by atoms with Gasteiger partial charge in [0.15, 0.2) is 9.84 Å². The maximum absolute atomic E-state index is 11.9. The molecule has 1 atom stereocenters. The van der Waals surface area contributed by atoms with Gasteiger partial charge in [-0.25, -0.2) is 13.2 Å². The summed E-state index contributed by atoms with van der Waals surface area (Å²) in [7, 11) is -3.02. The number of nitrogens with one attached hydrogen (secondary N) is 1. The van der Waals surface area contributed by atoms with E-state index in [1.807, 2.05) is 0 Å². The van der Waals surface area contributed by atoms with E-state index in [0.29, 0.717) is 22.5 Å². The van der Waals surface area contributed by atoms with Gasteiger partial charge in [0.25, 0.3) is 0 Å². The molecule has 3 rings (SSSR count). The smallest absolute Gasteiger partial charge is 0.306 e. The summed E-state index contributed by atoms with van der Waals surface area (Å²) in [4.78, 5) is 14.6. The highest BCUT2D eigenvalue weighted by Crippen LogP contribution is 2.26. The molecule has 5 nitrogen and oxygen atoms in total. The van der Waals surface area contributed by atoms with Gasteiger partial charge < -0.3 is 4.98 Å². The first-order chi connectivity index (χ1) is 8.46. The quantitative estimate of drug-likeness (QED) is 0.860. The third-order valence-electron chi connectivity index (χ3n) is 3.25. The maximum atomic E-state index is 11.9. The summed E-state index contributed by atoms with van der Waals surface area (Å²) in [6.45, 7) is 0. The SMILES string of the molecule is O=c1[nH]c2ccc(Cl)cc2n1C1CCS(=O)(=O)C1. The molecule has 0 amide bonds. The van der Waals surface area contributed by atoms with Crippen LogP contribution in [0.2, 0.25) is 5.02 Å². The largest absolute Gasteiger partial charge is 0.326 e. The Morgan fingerprint density at radius 3 is 2.83 bits per heavy atom. The normalized spacial score (nSPS) is 22.6. The van der Waals surface area contributed by atoms with Crippen molar-refractivity contribution in [2.24, 2.45) is 0 Å². The Balaban J connectivity index is 2.20. The van der Waals surface area contributed by atoms with Crippen LogP contribution in [-0.2, 0) is 9.84 Å². The molecule has 1 aromatic heterocycles. The molecule has 18 heavy (non-hydrogen) atoms. The molecule has 1 fully saturated rings. The molecular formula is C11H11ClN2O3S. The lowest BCUT2D eigenvalue weighted by Gasteiger charge is -2.09. The fourth-order valence-electron chi connectivity index (χ4n) is 2.44. The van der Waals surface area contributed by atoms with Gasteiger partial charge in [-0.2, -0.15) is 0 Å². The Hall–Kier alpha value is -1.27. The minimum atomic E-state index is -3.02. The number of sulfone groups is 1. The fraction of sp³-hybridized carbons (Fsp3) is 0.364. The third-order valence-corrected chi connectivity index (χ3v) is 5.24. The van der Waals surface area contributed by atoms with E-state index in [4.69, 9.17) is 11.6 Å². The maximum Gasteiger partial charge on any atom is 0.326 e. The second-order valence-corrected chi connectivity index (χ2v) is 7.18. The van der Waals surface area contributed by atoms with Crippen LogP contribution >= 0.6 is 11.6 Å². The van der Waals surface area contributed by atoms with E-state index in [9.17, 15) is 13.2 Å². The summed E-state index contributed by atoms with van der Waals surface area (Å²) in [6.07, 6.45) is 0.474.